The van der Waals surface area contributed by atoms with E-state index in [1.807, 2.05) is 12.3 Å². The summed E-state index contributed by atoms with van der Waals surface area (Å²) < 4.78 is 1.78. The Balaban J connectivity index is 1.61. The van der Waals surface area contributed by atoms with Gasteiger partial charge in [-0.3, -0.25) is 14.2 Å². The zero-order chi connectivity index (χ0) is 17.4. The van der Waals surface area contributed by atoms with Crippen molar-refractivity contribution in [3.8, 4) is 0 Å². The summed E-state index contributed by atoms with van der Waals surface area (Å²) in [5, 5.41) is 7.70. The second-order valence-corrected chi connectivity index (χ2v) is 8.09. The van der Waals surface area contributed by atoms with Crippen LogP contribution in [0.2, 0.25) is 0 Å². The molecule has 0 unspecified atom stereocenters. The van der Waals surface area contributed by atoms with Crippen molar-refractivity contribution in [3.05, 3.63) is 49.0 Å². The van der Waals surface area contributed by atoms with Gasteiger partial charge in [-0.1, -0.05) is 0 Å². The molecule has 0 radical (unpaired) electrons. The summed E-state index contributed by atoms with van der Waals surface area (Å²) in [6, 6.07) is 2.07. The van der Waals surface area contributed by atoms with Crippen molar-refractivity contribution in [1.82, 2.24) is 14.9 Å². The molecule has 25 heavy (non-hydrogen) atoms. The highest BCUT2D eigenvalue weighted by Gasteiger charge is 2.22. The van der Waals surface area contributed by atoms with Crippen LogP contribution in [-0.4, -0.2) is 22.0 Å². The lowest BCUT2D eigenvalue weighted by Gasteiger charge is -2.16. The average Bonchev–Trinajstić information content (AvgIpc) is 3.23. The molecule has 1 aliphatic heterocycles. The van der Waals surface area contributed by atoms with Crippen molar-refractivity contribution in [3.63, 3.8) is 0 Å². The average molecular weight is 374 g/mol. The first-order valence-electron chi connectivity index (χ1n) is 8.47. The Morgan fingerprint density at radius 1 is 1.40 bits per heavy atom. The van der Waals surface area contributed by atoms with Crippen LogP contribution in [-0.2, 0) is 19.4 Å². The molecule has 1 aliphatic rings. The first-order chi connectivity index (χ1) is 12.1. The van der Waals surface area contributed by atoms with Gasteiger partial charge in [0.2, 0.25) is 0 Å². The molecule has 0 aliphatic carbocycles. The van der Waals surface area contributed by atoms with Crippen molar-refractivity contribution in [2.75, 3.05) is 6.54 Å². The minimum Gasteiger partial charge on any atom is -0.351 e. The highest BCUT2D eigenvalue weighted by molar-refractivity contribution is 7.20. The van der Waals surface area contributed by atoms with E-state index in [1.54, 1.807) is 15.9 Å². The maximum absolute atomic E-state index is 12.8. The predicted octanol–water partition coefficient (Wildman–Crippen LogP) is 3.14. The van der Waals surface area contributed by atoms with Crippen molar-refractivity contribution in [2.24, 2.45) is 0 Å². The summed E-state index contributed by atoms with van der Waals surface area (Å²) in [7, 11) is 0. The molecular formula is C18H19N3O2S2. The molecule has 7 heteroatoms. The second-order valence-electron chi connectivity index (χ2n) is 6.32. The lowest BCUT2D eigenvalue weighted by molar-refractivity contribution is 0.0957. The number of aromatic nitrogens is 2. The molecule has 0 atom stereocenters. The van der Waals surface area contributed by atoms with E-state index in [4.69, 9.17) is 0 Å². The number of carbonyl (C=O) groups excluding carboxylic acids is 1. The van der Waals surface area contributed by atoms with Gasteiger partial charge in [-0.25, -0.2) is 4.98 Å². The Labute approximate surface area is 153 Å². The first-order valence-corrected chi connectivity index (χ1v) is 10.2. The fourth-order valence-corrected chi connectivity index (χ4v) is 5.10. The number of rotatable bonds is 4. The Morgan fingerprint density at radius 3 is 3.08 bits per heavy atom. The van der Waals surface area contributed by atoms with E-state index in [0.29, 0.717) is 21.6 Å². The first kappa shape index (κ1) is 16.5. The summed E-state index contributed by atoms with van der Waals surface area (Å²) in [4.78, 5) is 31.3. The summed E-state index contributed by atoms with van der Waals surface area (Å²) >= 11 is 2.99. The van der Waals surface area contributed by atoms with Gasteiger partial charge < -0.3 is 5.32 Å². The Hall–Kier alpha value is -1.99. The van der Waals surface area contributed by atoms with Gasteiger partial charge in [0.05, 0.1) is 10.3 Å². The second kappa shape index (κ2) is 6.72. The molecule has 130 valence electrons. The van der Waals surface area contributed by atoms with Crippen molar-refractivity contribution < 1.29 is 4.79 Å². The summed E-state index contributed by atoms with van der Waals surface area (Å²) in [5.74, 6) is 0.743. The quantitative estimate of drug-likeness (QED) is 0.764. The number of hydrogen-bond donors (Lipinski definition) is 1. The van der Waals surface area contributed by atoms with Crippen LogP contribution in [0.1, 0.15) is 39.5 Å². The van der Waals surface area contributed by atoms with Crippen LogP contribution in [0.5, 0.6) is 0 Å². The maximum Gasteiger partial charge on any atom is 0.262 e. The molecule has 3 aromatic rings. The minimum atomic E-state index is -0.113. The van der Waals surface area contributed by atoms with Gasteiger partial charge in [0.15, 0.2) is 0 Å². The normalized spacial score (nSPS) is 13.8. The molecule has 5 nitrogen and oxygen atoms in total. The third-order valence-electron chi connectivity index (χ3n) is 4.65. The van der Waals surface area contributed by atoms with Crippen LogP contribution < -0.4 is 10.9 Å². The molecule has 4 rings (SSSR count). The molecule has 1 N–H and O–H groups in total. The molecule has 0 saturated heterocycles. The smallest absolute Gasteiger partial charge is 0.262 e. The number of nitrogens with one attached hydrogen (secondary N) is 1. The number of aryl methyl sites for hydroxylation is 2. The van der Waals surface area contributed by atoms with E-state index < -0.39 is 0 Å². The lowest BCUT2D eigenvalue weighted by atomic mass is 10.1. The van der Waals surface area contributed by atoms with Gasteiger partial charge in [0.1, 0.15) is 10.7 Å². The Morgan fingerprint density at radius 2 is 2.28 bits per heavy atom. The summed E-state index contributed by atoms with van der Waals surface area (Å²) in [5.41, 5.74) is 1.99. The number of thiophene rings is 2. The number of fused-ring (bicyclic) bond motifs is 2. The van der Waals surface area contributed by atoms with Crippen LogP contribution in [0.3, 0.4) is 0 Å². The molecule has 0 aromatic carbocycles. The van der Waals surface area contributed by atoms with Crippen LogP contribution in [0.4, 0.5) is 0 Å². The van der Waals surface area contributed by atoms with E-state index in [0.717, 1.165) is 43.6 Å². The summed E-state index contributed by atoms with van der Waals surface area (Å²) in [6.45, 7) is 3.17. The van der Waals surface area contributed by atoms with E-state index >= 15 is 0 Å². The largest absolute Gasteiger partial charge is 0.351 e. The zero-order valence-corrected chi connectivity index (χ0v) is 15.6. The fraction of sp³-hybridized carbons (Fsp3) is 0.389. The minimum absolute atomic E-state index is 0.00535. The highest BCUT2D eigenvalue weighted by atomic mass is 32.1. The van der Waals surface area contributed by atoms with Gasteiger partial charge >= 0.3 is 0 Å². The molecule has 1 amide bonds. The highest BCUT2D eigenvalue weighted by Crippen LogP contribution is 2.28. The van der Waals surface area contributed by atoms with E-state index in [2.05, 4.69) is 21.7 Å². The van der Waals surface area contributed by atoms with E-state index in [1.165, 1.54) is 16.9 Å². The Kier molecular flexibility index (Phi) is 4.43. The molecule has 0 fully saturated rings. The van der Waals surface area contributed by atoms with Gasteiger partial charge in [0.25, 0.3) is 11.5 Å². The van der Waals surface area contributed by atoms with Gasteiger partial charge in [0, 0.05) is 19.5 Å². The standard InChI is InChI=1S/C18H19N3O2S2/c1-11-14-17(20-13-4-2-3-8-21(13)18(14)23)25-15(11)16(22)19-7-5-12-6-9-24-10-12/h6,9-10H,2-5,7-8H2,1H3,(H,19,22). The van der Waals surface area contributed by atoms with Crippen LogP contribution in [0.25, 0.3) is 10.2 Å². The molecule has 3 aromatic heterocycles. The van der Waals surface area contributed by atoms with Gasteiger partial charge in [-0.15, -0.1) is 11.3 Å². The van der Waals surface area contributed by atoms with Crippen LogP contribution in [0.15, 0.2) is 21.6 Å². The number of hydrogen-bond acceptors (Lipinski definition) is 5. The van der Waals surface area contributed by atoms with E-state index in [9.17, 15) is 9.59 Å². The number of amides is 1. The zero-order valence-electron chi connectivity index (χ0n) is 14.0. The SMILES string of the molecule is Cc1c(C(=O)NCCc2ccsc2)sc2nc3n(c(=O)c12)CCCC3. The number of carbonyl (C=O) groups is 1. The topological polar surface area (TPSA) is 64.0 Å². The third-order valence-corrected chi connectivity index (χ3v) is 6.56. The predicted molar refractivity (Wildman–Crippen MR) is 102 cm³/mol. The molecule has 4 heterocycles. The monoisotopic (exact) mass is 373 g/mol. The molecule has 0 saturated carbocycles. The number of nitrogens with zero attached hydrogens (tertiary/aromatic N) is 2. The molecule has 0 spiro atoms. The van der Waals surface area contributed by atoms with Crippen LogP contribution in [0, 0.1) is 6.92 Å². The third kappa shape index (κ3) is 3.02. The van der Waals surface area contributed by atoms with Crippen molar-refractivity contribution >= 4 is 38.8 Å². The maximum atomic E-state index is 12.8. The van der Waals surface area contributed by atoms with Crippen molar-refractivity contribution in [2.45, 2.75) is 39.2 Å². The lowest BCUT2D eigenvalue weighted by Crippen LogP contribution is -2.28. The summed E-state index contributed by atoms with van der Waals surface area (Å²) in [6.07, 6.45) is 3.73. The van der Waals surface area contributed by atoms with E-state index in [-0.39, 0.29) is 11.5 Å². The van der Waals surface area contributed by atoms with Gasteiger partial charge in [-0.05, 0) is 54.1 Å². The van der Waals surface area contributed by atoms with Crippen LogP contribution >= 0.6 is 22.7 Å². The van der Waals surface area contributed by atoms with Crippen molar-refractivity contribution in [1.29, 1.82) is 0 Å². The molecular weight excluding hydrogens is 354 g/mol. The molecule has 0 bridgehead atoms. The van der Waals surface area contributed by atoms with Gasteiger partial charge in [-0.2, -0.15) is 11.3 Å². The fourth-order valence-electron chi connectivity index (χ4n) is 3.29. The Bertz CT molecular complexity index is 986.